The Bertz CT molecular complexity index is 259. The molecule has 0 spiro atoms. The van der Waals surface area contributed by atoms with Crippen LogP contribution in [-0.2, 0) is 0 Å². The van der Waals surface area contributed by atoms with E-state index in [-0.39, 0.29) is 12.1 Å². The molecule has 0 heterocycles. The maximum absolute atomic E-state index is 11.0. The summed E-state index contributed by atoms with van der Waals surface area (Å²) in [6.45, 7) is 4.30. The van der Waals surface area contributed by atoms with Gasteiger partial charge in [0.1, 0.15) is 0 Å². The van der Waals surface area contributed by atoms with Gasteiger partial charge in [-0.05, 0) is 13.3 Å². The van der Waals surface area contributed by atoms with Crippen molar-refractivity contribution in [3.63, 3.8) is 0 Å². The number of nitrogens with one attached hydrogen (secondary N) is 2. The Labute approximate surface area is 144 Å². The minimum absolute atomic E-state index is 0.205. The first-order valence-corrected chi connectivity index (χ1v) is 9.97. The van der Waals surface area contributed by atoms with Crippen LogP contribution in [0.4, 0.5) is 4.79 Å². The van der Waals surface area contributed by atoms with Crippen LogP contribution in [0.1, 0.15) is 110 Å². The van der Waals surface area contributed by atoms with Crippen LogP contribution in [0.15, 0.2) is 0 Å². The van der Waals surface area contributed by atoms with Crippen LogP contribution in [0.3, 0.4) is 0 Å². The van der Waals surface area contributed by atoms with E-state index in [0.717, 1.165) is 6.42 Å². The summed E-state index contributed by atoms with van der Waals surface area (Å²) in [5, 5.41) is 2.80. The molecule has 23 heavy (non-hydrogen) atoms. The molecule has 4 N–H and O–H groups in total. The van der Waals surface area contributed by atoms with Crippen molar-refractivity contribution < 1.29 is 4.79 Å². The number of carbonyl (C=O) groups is 1. The fourth-order valence-corrected chi connectivity index (χ4v) is 2.98. The summed E-state index contributed by atoms with van der Waals surface area (Å²) in [5.74, 6) is 5.04. The molecule has 0 aromatic heterocycles. The minimum atomic E-state index is -0.289. The molecule has 0 rings (SSSR count). The Balaban J connectivity index is 3.12. The molecule has 1 unspecified atom stereocenters. The van der Waals surface area contributed by atoms with Gasteiger partial charge in [-0.3, -0.25) is 5.43 Å². The number of hydrogen-bond donors (Lipinski definition) is 3. The first-order chi connectivity index (χ1) is 11.2. The zero-order chi connectivity index (χ0) is 17.2. The highest BCUT2D eigenvalue weighted by Crippen LogP contribution is 2.13. The molecular formula is C19H41N3O. The molecule has 0 aromatic rings. The number of hydrazine groups is 1. The van der Waals surface area contributed by atoms with E-state index < -0.39 is 0 Å². The number of urea groups is 1. The van der Waals surface area contributed by atoms with Gasteiger partial charge in [0, 0.05) is 6.04 Å². The molecule has 0 aromatic carbocycles. The molecule has 0 fully saturated rings. The van der Waals surface area contributed by atoms with Crippen LogP contribution in [0.5, 0.6) is 0 Å². The number of nitrogens with two attached hydrogens (primary N) is 1. The highest BCUT2D eigenvalue weighted by molar-refractivity contribution is 5.73. The lowest BCUT2D eigenvalue weighted by molar-refractivity contribution is 0.237. The Hall–Kier alpha value is -0.770. The van der Waals surface area contributed by atoms with Crippen molar-refractivity contribution in [2.45, 2.75) is 116 Å². The van der Waals surface area contributed by atoms with E-state index in [1.54, 1.807) is 0 Å². The van der Waals surface area contributed by atoms with Crippen molar-refractivity contribution >= 4 is 6.03 Å². The fraction of sp³-hybridized carbons (Fsp3) is 0.947. The summed E-state index contributed by atoms with van der Waals surface area (Å²) in [6.07, 6.45) is 20.3. The van der Waals surface area contributed by atoms with Crippen LogP contribution in [0, 0.1) is 0 Å². The van der Waals surface area contributed by atoms with E-state index >= 15 is 0 Å². The van der Waals surface area contributed by atoms with Crippen molar-refractivity contribution in [2.24, 2.45) is 5.84 Å². The second-order valence-electron chi connectivity index (χ2n) is 6.90. The Morgan fingerprint density at radius 1 is 0.783 bits per heavy atom. The molecule has 4 nitrogen and oxygen atoms in total. The monoisotopic (exact) mass is 327 g/mol. The maximum atomic E-state index is 11.0. The SMILES string of the molecule is CCCCCCCCCCCCCCCCC(C)NC(=O)NN. The molecule has 0 aliphatic rings. The first-order valence-electron chi connectivity index (χ1n) is 9.97. The Morgan fingerprint density at radius 2 is 1.17 bits per heavy atom. The topological polar surface area (TPSA) is 67.2 Å². The molecule has 2 amide bonds. The van der Waals surface area contributed by atoms with Crippen LogP contribution in [-0.4, -0.2) is 12.1 Å². The predicted molar refractivity (Wildman–Crippen MR) is 100 cm³/mol. The molecule has 1 atom stereocenters. The lowest BCUT2D eigenvalue weighted by Crippen LogP contribution is -2.43. The molecule has 0 bridgehead atoms. The minimum Gasteiger partial charge on any atom is -0.335 e. The summed E-state index contributed by atoms with van der Waals surface area (Å²) >= 11 is 0. The molecular weight excluding hydrogens is 286 g/mol. The number of unbranched alkanes of at least 4 members (excludes halogenated alkanes) is 13. The van der Waals surface area contributed by atoms with E-state index in [1.807, 2.05) is 6.92 Å². The normalized spacial score (nSPS) is 12.1. The van der Waals surface area contributed by atoms with Gasteiger partial charge in [0.2, 0.25) is 0 Å². The van der Waals surface area contributed by atoms with Gasteiger partial charge in [0.25, 0.3) is 0 Å². The zero-order valence-corrected chi connectivity index (χ0v) is 15.7. The molecule has 4 heteroatoms. The third-order valence-electron chi connectivity index (χ3n) is 4.50. The van der Waals surface area contributed by atoms with Crippen molar-refractivity contribution in [3.05, 3.63) is 0 Å². The van der Waals surface area contributed by atoms with Gasteiger partial charge < -0.3 is 5.32 Å². The van der Waals surface area contributed by atoms with Gasteiger partial charge in [0.15, 0.2) is 0 Å². The largest absolute Gasteiger partial charge is 0.335 e. The third kappa shape index (κ3) is 17.4. The lowest BCUT2D eigenvalue weighted by Gasteiger charge is -2.12. The summed E-state index contributed by atoms with van der Waals surface area (Å²) in [7, 11) is 0. The van der Waals surface area contributed by atoms with E-state index in [4.69, 9.17) is 5.84 Å². The standard InChI is InChI=1S/C19H41N3O/c1-3-4-5-6-7-8-9-10-11-12-13-14-15-16-17-18(2)21-19(23)22-20/h18H,3-17,20H2,1-2H3,(H2,21,22,23). The zero-order valence-electron chi connectivity index (χ0n) is 15.7. The van der Waals surface area contributed by atoms with Crippen molar-refractivity contribution in [1.29, 1.82) is 0 Å². The molecule has 138 valence electrons. The predicted octanol–water partition coefficient (Wildman–Crippen LogP) is 5.42. The number of amides is 2. The van der Waals surface area contributed by atoms with Crippen LogP contribution in [0.25, 0.3) is 0 Å². The summed E-state index contributed by atoms with van der Waals surface area (Å²) in [6, 6.07) is -0.0845. The van der Waals surface area contributed by atoms with Crippen molar-refractivity contribution in [1.82, 2.24) is 10.7 Å². The van der Waals surface area contributed by atoms with E-state index in [9.17, 15) is 4.79 Å². The summed E-state index contributed by atoms with van der Waals surface area (Å²) in [5.41, 5.74) is 2.10. The number of rotatable bonds is 16. The van der Waals surface area contributed by atoms with Gasteiger partial charge in [-0.2, -0.15) is 0 Å². The lowest BCUT2D eigenvalue weighted by atomic mass is 10.0. The van der Waals surface area contributed by atoms with Crippen LogP contribution >= 0.6 is 0 Å². The van der Waals surface area contributed by atoms with Crippen molar-refractivity contribution in [3.8, 4) is 0 Å². The second kappa shape index (κ2) is 17.6. The second-order valence-corrected chi connectivity index (χ2v) is 6.90. The average Bonchev–Trinajstić information content (AvgIpc) is 2.55. The quantitative estimate of drug-likeness (QED) is 0.153. The van der Waals surface area contributed by atoms with E-state index in [1.165, 1.54) is 89.9 Å². The summed E-state index contributed by atoms with van der Waals surface area (Å²) < 4.78 is 0. The maximum Gasteiger partial charge on any atom is 0.329 e. The molecule has 0 saturated heterocycles. The molecule has 0 saturated carbocycles. The van der Waals surface area contributed by atoms with Gasteiger partial charge in [-0.15, -0.1) is 0 Å². The smallest absolute Gasteiger partial charge is 0.329 e. The highest BCUT2D eigenvalue weighted by Gasteiger charge is 2.04. The van der Waals surface area contributed by atoms with Crippen molar-refractivity contribution in [2.75, 3.05) is 0 Å². The first kappa shape index (κ1) is 22.2. The third-order valence-corrected chi connectivity index (χ3v) is 4.50. The van der Waals surface area contributed by atoms with E-state index in [0.29, 0.717) is 0 Å². The summed E-state index contributed by atoms with van der Waals surface area (Å²) in [4.78, 5) is 11.0. The number of carbonyl (C=O) groups excluding carboxylic acids is 1. The average molecular weight is 328 g/mol. The fourth-order valence-electron chi connectivity index (χ4n) is 2.98. The molecule has 0 aliphatic heterocycles. The van der Waals surface area contributed by atoms with Gasteiger partial charge in [0.05, 0.1) is 0 Å². The van der Waals surface area contributed by atoms with Gasteiger partial charge >= 0.3 is 6.03 Å². The molecule has 0 aliphatic carbocycles. The Kier molecular flexibility index (Phi) is 17.0. The molecule has 0 radical (unpaired) electrons. The van der Waals surface area contributed by atoms with E-state index in [2.05, 4.69) is 17.7 Å². The van der Waals surface area contributed by atoms with Gasteiger partial charge in [-0.25, -0.2) is 10.6 Å². The van der Waals surface area contributed by atoms with Crippen LogP contribution < -0.4 is 16.6 Å². The highest BCUT2D eigenvalue weighted by atomic mass is 16.2. The van der Waals surface area contributed by atoms with Crippen LogP contribution in [0.2, 0.25) is 0 Å². The number of hydrogen-bond acceptors (Lipinski definition) is 2. The van der Waals surface area contributed by atoms with Gasteiger partial charge in [-0.1, -0.05) is 96.8 Å². The Morgan fingerprint density at radius 3 is 1.57 bits per heavy atom.